The molecule has 1 fully saturated rings. The van der Waals surface area contributed by atoms with E-state index in [0.29, 0.717) is 22.7 Å². The molecule has 1 saturated heterocycles. The molecule has 2 heterocycles. The number of para-hydroxylation sites is 3. The van der Waals surface area contributed by atoms with E-state index in [0.717, 1.165) is 16.5 Å². The number of thiocarbonyl (C=S) groups is 1. The number of rotatable bonds is 6. The maximum Gasteiger partial charge on any atom is 0.270 e. The van der Waals surface area contributed by atoms with Crippen LogP contribution in [0.4, 0.5) is 11.4 Å². The number of aromatic nitrogens is 1. The zero-order valence-electron chi connectivity index (χ0n) is 20.7. The van der Waals surface area contributed by atoms with E-state index < -0.39 is 11.8 Å². The minimum absolute atomic E-state index is 0.0307. The van der Waals surface area contributed by atoms with E-state index in [2.05, 4.69) is 10.6 Å². The minimum Gasteiger partial charge on any atom is -0.495 e. The number of amides is 3. The normalized spacial score (nSPS) is 14.6. The third kappa shape index (κ3) is 4.79. The number of nitrogens with one attached hydrogen (secondary N) is 2. The summed E-state index contributed by atoms with van der Waals surface area (Å²) in [6.45, 7) is 2.03. The van der Waals surface area contributed by atoms with E-state index in [4.69, 9.17) is 17.0 Å². The van der Waals surface area contributed by atoms with Crippen LogP contribution in [0, 0.1) is 6.92 Å². The molecule has 2 N–H and O–H groups in total. The first-order valence-corrected chi connectivity index (χ1v) is 12.3. The maximum absolute atomic E-state index is 13.5. The fourth-order valence-corrected chi connectivity index (χ4v) is 4.63. The number of ether oxygens (including phenoxy) is 1. The van der Waals surface area contributed by atoms with Crippen molar-refractivity contribution in [1.29, 1.82) is 0 Å². The molecule has 0 saturated carbocycles. The van der Waals surface area contributed by atoms with Gasteiger partial charge in [-0.2, -0.15) is 0 Å². The van der Waals surface area contributed by atoms with E-state index in [1.807, 2.05) is 55.5 Å². The van der Waals surface area contributed by atoms with Crippen molar-refractivity contribution in [2.45, 2.75) is 13.5 Å². The van der Waals surface area contributed by atoms with E-state index in [9.17, 15) is 14.4 Å². The molecule has 3 amide bonds. The van der Waals surface area contributed by atoms with E-state index >= 15 is 0 Å². The second kappa shape index (κ2) is 10.3. The Balaban J connectivity index is 1.49. The van der Waals surface area contributed by atoms with Crippen molar-refractivity contribution < 1.29 is 19.1 Å². The number of benzene rings is 3. The molecule has 0 radical (unpaired) electrons. The molecule has 3 aromatic carbocycles. The molecule has 1 aromatic heterocycles. The van der Waals surface area contributed by atoms with Crippen LogP contribution in [0.5, 0.6) is 5.75 Å². The van der Waals surface area contributed by atoms with Gasteiger partial charge in [-0.25, -0.2) is 4.90 Å². The number of fused-ring (bicyclic) bond motifs is 1. The predicted octanol–water partition coefficient (Wildman–Crippen LogP) is 4.43. The molecule has 0 aliphatic carbocycles. The maximum atomic E-state index is 13.5. The van der Waals surface area contributed by atoms with Crippen LogP contribution in [-0.4, -0.2) is 34.5 Å². The number of anilines is 2. The van der Waals surface area contributed by atoms with Crippen molar-refractivity contribution in [1.82, 2.24) is 9.88 Å². The molecule has 1 aliphatic heterocycles. The fraction of sp³-hybridized carbons (Fsp3) is 0.103. The Morgan fingerprint density at radius 2 is 1.74 bits per heavy atom. The largest absolute Gasteiger partial charge is 0.495 e. The smallest absolute Gasteiger partial charge is 0.270 e. The van der Waals surface area contributed by atoms with Crippen molar-refractivity contribution in [3.05, 3.63) is 95.7 Å². The van der Waals surface area contributed by atoms with E-state index in [1.54, 1.807) is 35.0 Å². The second-order valence-electron chi connectivity index (χ2n) is 8.77. The van der Waals surface area contributed by atoms with Gasteiger partial charge in [-0.3, -0.25) is 19.7 Å². The molecule has 0 unspecified atom stereocenters. The molecule has 0 atom stereocenters. The fourth-order valence-electron chi connectivity index (χ4n) is 4.36. The average molecular weight is 525 g/mol. The highest BCUT2D eigenvalue weighted by Gasteiger charge is 2.36. The van der Waals surface area contributed by atoms with Gasteiger partial charge >= 0.3 is 0 Å². The Bertz CT molecular complexity index is 1620. The van der Waals surface area contributed by atoms with Crippen molar-refractivity contribution in [3.63, 3.8) is 0 Å². The summed E-state index contributed by atoms with van der Waals surface area (Å²) in [5.74, 6) is -0.930. The number of hydrogen-bond acceptors (Lipinski definition) is 5. The summed E-state index contributed by atoms with van der Waals surface area (Å²) in [5.41, 5.74) is 3.55. The quantitative estimate of drug-likeness (QED) is 0.221. The molecule has 38 heavy (non-hydrogen) atoms. The molecule has 8 nitrogen and oxygen atoms in total. The Morgan fingerprint density at radius 1 is 1.03 bits per heavy atom. The van der Waals surface area contributed by atoms with Gasteiger partial charge in [-0.15, -0.1) is 0 Å². The minimum atomic E-state index is -0.597. The summed E-state index contributed by atoms with van der Waals surface area (Å²) in [6.07, 6.45) is 3.28. The molecular weight excluding hydrogens is 500 g/mol. The number of carbonyl (C=O) groups is 3. The average Bonchev–Trinajstić information content (AvgIpc) is 3.25. The highest BCUT2D eigenvalue weighted by molar-refractivity contribution is 7.80. The highest BCUT2D eigenvalue weighted by Crippen LogP contribution is 2.31. The van der Waals surface area contributed by atoms with Gasteiger partial charge in [0, 0.05) is 28.4 Å². The van der Waals surface area contributed by atoms with Gasteiger partial charge in [0.1, 0.15) is 17.9 Å². The van der Waals surface area contributed by atoms with Gasteiger partial charge in [0.25, 0.3) is 11.8 Å². The van der Waals surface area contributed by atoms with Crippen LogP contribution in [0.25, 0.3) is 17.0 Å². The highest BCUT2D eigenvalue weighted by atomic mass is 32.1. The van der Waals surface area contributed by atoms with Crippen molar-refractivity contribution in [2.75, 3.05) is 17.3 Å². The summed E-state index contributed by atoms with van der Waals surface area (Å²) in [4.78, 5) is 40.5. The number of carbonyl (C=O) groups excluding carboxylic acids is 3. The van der Waals surface area contributed by atoms with Crippen LogP contribution >= 0.6 is 12.2 Å². The number of hydrogen-bond donors (Lipinski definition) is 2. The SMILES string of the molecule is COc1ccccc1N1C(=O)/C(=C/c2cn(CC(=O)Nc3ccc(C)cc3)c3ccccc23)C(=O)NC1=S. The van der Waals surface area contributed by atoms with E-state index in [-0.39, 0.29) is 23.1 Å². The molecular formula is C29H24N4O4S. The van der Waals surface area contributed by atoms with E-state index in [1.165, 1.54) is 18.1 Å². The lowest BCUT2D eigenvalue weighted by atomic mass is 10.1. The monoisotopic (exact) mass is 524 g/mol. The van der Waals surface area contributed by atoms with Crippen LogP contribution in [0.3, 0.4) is 0 Å². The molecule has 0 bridgehead atoms. The molecule has 1 aliphatic rings. The first-order chi connectivity index (χ1) is 18.4. The summed E-state index contributed by atoms with van der Waals surface area (Å²) >= 11 is 5.32. The van der Waals surface area contributed by atoms with Crippen molar-refractivity contribution in [3.8, 4) is 5.75 Å². The van der Waals surface area contributed by atoms with Gasteiger partial charge in [0.15, 0.2) is 5.11 Å². The molecule has 9 heteroatoms. The Kier molecular flexibility index (Phi) is 6.76. The zero-order chi connectivity index (χ0) is 26.8. The molecule has 0 spiro atoms. The topological polar surface area (TPSA) is 92.7 Å². The van der Waals surface area contributed by atoms with Crippen LogP contribution in [-0.2, 0) is 20.9 Å². The first-order valence-electron chi connectivity index (χ1n) is 11.8. The summed E-state index contributed by atoms with van der Waals surface area (Å²) in [6, 6.07) is 22.0. The van der Waals surface area contributed by atoms with Gasteiger partial charge in [-0.05, 0) is 55.5 Å². The molecule has 5 rings (SSSR count). The summed E-state index contributed by atoms with van der Waals surface area (Å²) in [7, 11) is 1.50. The standard InChI is InChI=1S/C29H24N4O4S/c1-18-11-13-20(14-12-18)30-26(34)17-32-16-19(21-7-3-4-8-23(21)32)15-22-27(35)31-29(38)33(28(22)36)24-9-5-6-10-25(24)37-2/h3-16H,17H2,1-2H3,(H,30,34)(H,31,35,38)/b22-15+. The summed E-state index contributed by atoms with van der Waals surface area (Å²) in [5, 5.41) is 6.26. The number of methoxy groups -OCH3 is 1. The van der Waals surface area contributed by atoms with Crippen molar-refractivity contribution >= 4 is 63.4 Å². The lowest BCUT2D eigenvalue weighted by Crippen LogP contribution is -2.54. The Labute approximate surface area is 224 Å². The van der Waals surface area contributed by atoms with Gasteiger partial charge in [0.2, 0.25) is 5.91 Å². The van der Waals surface area contributed by atoms with Crippen molar-refractivity contribution in [2.24, 2.45) is 0 Å². The number of nitrogens with zero attached hydrogens (tertiary/aromatic N) is 2. The van der Waals surface area contributed by atoms with Crippen LogP contribution < -0.4 is 20.3 Å². The van der Waals surface area contributed by atoms with Gasteiger partial charge in [-0.1, -0.05) is 48.0 Å². The predicted molar refractivity (Wildman–Crippen MR) is 151 cm³/mol. The molecule has 4 aromatic rings. The van der Waals surface area contributed by atoms with Gasteiger partial charge < -0.3 is 14.6 Å². The zero-order valence-corrected chi connectivity index (χ0v) is 21.5. The lowest BCUT2D eigenvalue weighted by molar-refractivity contribution is -0.122. The third-order valence-electron chi connectivity index (χ3n) is 6.20. The Morgan fingerprint density at radius 3 is 2.50 bits per heavy atom. The Hall–Kier alpha value is -4.76. The van der Waals surface area contributed by atoms with Crippen LogP contribution in [0.2, 0.25) is 0 Å². The molecule has 190 valence electrons. The van der Waals surface area contributed by atoms with Crippen LogP contribution in [0.1, 0.15) is 11.1 Å². The second-order valence-corrected chi connectivity index (χ2v) is 9.16. The summed E-state index contributed by atoms with van der Waals surface area (Å²) < 4.78 is 7.19. The van der Waals surface area contributed by atoms with Gasteiger partial charge in [0.05, 0.1) is 12.8 Å². The van der Waals surface area contributed by atoms with Crippen LogP contribution in [0.15, 0.2) is 84.6 Å². The number of aryl methyl sites for hydroxylation is 1. The first kappa shape index (κ1) is 24.9. The lowest BCUT2D eigenvalue weighted by Gasteiger charge is -2.29. The third-order valence-corrected chi connectivity index (χ3v) is 6.48.